The van der Waals surface area contributed by atoms with E-state index >= 15 is 0 Å². The first-order chi connectivity index (χ1) is 29.6. The van der Waals surface area contributed by atoms with E-state index in [0.29, 0.717) is 5.84 Å². The number of aromatic nitrogens is 1. The average Bonchev–Trinajstić information content (AvgIpc) is 3.97. The second-order valence-corrected chi connectivity index (χ2v) is 15.7. The van der Waals surface area contributed by atoms with Crippen molar-refractivity contribution >= 4 is 82.9 Å². The SMILES string of the molecule is C/C1=C(/c2ccc3c(c2)oc2ccccc23)N=C(c2cccc3oc4ccc(-c5ccc6c7ccccc7n(-c7ccccc7)c6c5)cc4c23)N=C(c2ccccc2)CC1. The molecule has 60 heavy (non-hydrogen) atoms. The molecule has 0 saturated heterocycles. The lowest BCUT2D eigenvalue weighted by Gasteiger charge is -2.17. The number of allylic oxidation sites excluding steroid dienone is 1. The van der Waals surface area contributed by atoms with Crippen molar-refractivity contribution in [2.24, 2.45) is 9.98 Å². The van der Waals surface area contributed by atoms with Crippen molar-refractivity contribution in [2.45, 2.75) is 19.8 Å². The van der Waals surface area contributed by atoms with Crippen molar-refractivity contribution in [3.8, 4) is 16.8 Å². The molecule has 0 amide bonds. The molecule has 1 aliphatic rings. The van der Waals surface area contributed by atoms with Crippen LogP contribution >= 0.6 is 0 Å². The van der Waals surface area contributed by atoms with Gasteiger partial charge in [0.05, 0.1) is 22.4 Å². The molecule has 0 atom stereocenters. The Labute approximate surface area is 345 Å². The van der Waals surface area contributed by atoms with E-state index in [0.717, 1.165) is 102 Å². The summed E-state index contributed by atoms with van der Waals surface area (Å²) in [7, 11) is 0. The van der Waals surface area contributed by atoms with Crippen molar-refractivity contribution in [3.05, 3.63) is 204 Å². The lowest BCUT2D eigenvalue weighted by atomic mass is 9.96. The van der Waals surface area contributed by atoms with Crippen LogP contribution in [-0.2, 0) is 0 Å². The molecule has 12 rings (SSSR count). The minimum atomic E-state index is 0.653. The highest BCUT2D eigenvalue weighted by Crippen LogP contribution is 2.40. The number of nitrogens with zero attached hydrogens (tertiary/aromatic N) is 3. The summed E-state index contributed by atoms with van der Waals surface area (Å²) in [5.74, 6) is 0.653. The summed E-state index contributed by atoms with van der Waals surface area (Å²) in [5.41, 5.74) is 15.2. The number of furan rings is 2. The highest BCUT2D eigenvalue weighted by molar-refractivity contribution is 6.23. The number of fused-ring (bicyclic) bond motifs is 9. The van der Waals surface area contributed by atoms with E-state index in [1.54, 1.807) is 0 Å². The molecule has 4 heterocycles. The molecule has 284 valence electrons. The van der Waals surface area contributed by atoms with E-state index in [1.165, 1.54) is 27.4 Å². The van der Waals surface area contributed by atoms with Crippen molar-refractivity contribution in [1.29, 1.82) is 0 Å². The van der Waals surface area contributed by atoms with Gasteiger partial charge in [0.1, 0.15) is 22.3 Å². The lowest BCUT2D eigenvalue weighted by Crippen LogP contribution is -2.10. The van der Waals surface area contributed by atoms with Crippen LogP contribution in [-0.4, -0.2) is 16.1 Å². The zero-order valence-corrected chi connectivity index (χ0v) is 32.9. The minimum Gasteiger partial charge on any atom is -0.456 e. The Hall–Kier alpha value is -7.76. The van der Waals surface area contributed by atoms with Crippen LogP contribution in [0.15, 0.2) is 206 Å². The van der Waals surface area contributed by atoms with E-state index in [4.69, 9.17) is 18.8 Å². The second-order valence-electron chi connectivity index (χ2n) is 15.7. The molecule has 0 bridgehead atoms. The van der Waals surface area contributed by atoms with Crippen LogP contribution in [0.4, 0.5) is 0 Å². The largest absolute Gasteiger partial charge is 0.456 e. The smallest absolute Gasteiger partial charge is 0.160 e. The molecule has 5 nitrogen and oxygen atoms in total. The van der Waals surface area contributed by atoms with Crippen LogP contribution in [0.3, 0.4) is 0 Å². The molecule has 0 radical (unpaired) electrons. The summed E-state index contributed by atoms with van der Waals surface area (Å²) >= 11 is 0. The third-order valence-electron chi connectivity index (χ3n) is 12.1. The van der Waals surface area contributed by atoms with Crippen molar-refractivity contribution in [2.75, 3.05) is 0 Å². The van der Waals surface area contributed by atoms with Gasteiger partial charge in [-0.05, 0) is 103 Å². The molecule has 0 saturated carbocycles. The van der Waals surface area contributed by atoms with E-state index in [2.05, 4.69) is 169 Å². The summed E-state index contributed by atoms with van der Waals surface area (Å²) in [6.07, 6.45) is 1.60. The molecule has 0 spiro atoms. The van der Waals surface area contributed by atoms with Gasteiger partial charge in [-0.15, -0.1) is 0 Å². The Morgan fingerprint density at radius 2 is 1.08 bits per heavy atom. The normalized spacial score (nSPS) is 14.9. The summed E-state index contributed by atoms with van der Waals surface area (Å²) < 4.78 is 15.3. The summed E-state index contributed by atoms with van der Waals surface area (Å²) in [4.78, 5) is 11.0. The third kappa shape index (κ3) is 5.54. The van der Waals surface area contributed by atoms with Gasteiger partial charge < -0.3 is 13.4 Å². The zero-order valence-electron chi connectivity index (χ0n) is 32.9. The van der Waals surface area contributed by atoms with E-state index in [9.17, 15) is 0 Å². The predicted molar refractivity (Wildman–Crippen MR) is 249 cm³/mol. The van der Waals surface area contributed by atoms with Crippen LogP contribution in [0, 0.1) is 0 Å². The van der Waals surface area contributed by atoms with Crippen LogP contribution in [0.1, 0.15) is 36.5 Å². The van der Waals surface area contributed by atoms with Gasteiger partial charge in [-0.25, -0.2) is 9.98 Å². The first-order valence-electron chi connectivity index (χ1n) is 20.5. The first-order valence-corrected chi connectivity index (χ1v) is 20.5. The maximum atomic E-state index is 6.61. The molecule has 3 aromatic heterocycles. The van der Waals surface area contributed by atoms with Gasteiger partial charge in [-0.3, -0.25) is 0 Å². The summed E-state index contributed by atoms with van der Waals surface area (Å²) in [6, 6.07) is 64.0. The predicted octanol–water partition coefficient (Wildman–Crippen LogP) is 14.7. The molecular weight excluding hydrogens is 735 g/mol. The Bertz CT molecular complexity index is 3600. The highest BCUT2D eigenvalue weighted by Gasteiger charge is 2.21. The molecular formula is C55H37N3O2. The Balaban J connectivity index is 1.05. The van der Waals surface area contributed by atoms with Gasteiger partial charge in [0.25, 0.3) is 0 Å². The van der Waals surface area contributed by atoms with Crippen molar-refractivity contribution in [1.82, 2.24) is 4.57 Å². The fourth-order valence-electron chi connectivity index (χ4n) is 9.18. The van der Waals surface area contributed by atoms with Crippen molar-refractivity contribution in [3.63, 3.8) is 0 Å². The Morgan fingerprint density at radius 1 is 0.433 bits per heavy atom. The minimum absolute atomic E-state index is 0.653. The number of hydrogen-bond acceptors (Lipinski definition) is 4. The molecule has 0 unspecified atom stereocenters. The summed E-state index contributed by atoms with van der Waals surface area (Å²) in [6.45, 7) is 2.20. The molecule has 1 aliphatic heterocycles. The lowest BCUT2D eigenvalue weighted by molar-refractivity contribution is 0.668. The van der Waals surface area contributed by atoms with Crippen LogP contribution in [0.2, 0.25) is 0 Å². The molecule has 0 fully saturated rings. The van der Waals surface area contributed by atoms with Crippen molar-refractivity contribution < 1.29 is 8.83 Å². The van der Waals surface area contributed by atoms with Gasteiger partial charge >= 0.3 is 0 Å². The van der Waals surface area contributed by atoms with Gasteiger partial charge in [0.15, 0.2) is 5.84 Å². The standard InChI is InChI=1S/C55H37N3O2/c1-34-23-29-46(35-13-4-2-5-14-35)56-55(57-54(34)38-25-28-43-42-18-9-11-21-49(42)60-52(43)33-38)44-19-12-22-51-53(44)45-31-36(26-30-50(45)59-51)37-24-27-41-40-17-8-10-20-47(40)58(48(41)32-37)39-15-6-3-7-16-39/h2-22,24-28,30-33H,23,29H2,1H3/b54-34+,56-46?,57-55?. The van der Waals surface area contributed by atoms with Crippen LogP contribution < -0.4 is 0 Å². The van der Waals surface area contributed by atoms with Crippen LogP contribution in [0.25, 0.3) is 88.2 Å². The van der Waals surface area contributed by atoms with Gasteiger partial charge in [0.2, 0.25) is 0 Å². The molecule has 11 aromatic rings. The zero-order chi connectivity index (χ0) is 39.7. The van der Waals surface area contributed by atoms with E-state index in [-0.39, 0.29) is 0 Å². The highest BCUT2D eigenvalue weighted by atomic mass is 16.3. The van der Waals surface area contributed by atoms with E-state index < -0.39 is 0 Å². The van der Waals surface area contributed by atoms with E-state index in [1.807, 2.05) is 24.3 Å². The van der Waals surface area contributed by atoms with Crippen LogP contribution in [0.5, 0.6) is 0 Å². The molecule has 8 aromatic carbocycles. The molecule has 5 heteroatoms. The third-order valence-corrected chi connectivity index (χ3v) is 12.1. The number of rotatable bonds is 5. The quantitative estimate of drug-likeness (QED) is 0.175. The fourth-order valence-corrected chi connectivity index (χ4v) is 9.18. The monoisotopic (exact) mass is 771 g/mol. The molecule has 0 aliphatic carbocycles. The number of hydrogen-bond donors (Lipinski definition) is 0. The fraction of sp³-hybridized carbons (Fsp3) is 0.0545. The average molecular weight is 772 g/mol. The number of amidine groups is 1. The number of aliphatic imine (C=N–C) groups is 2. The van der Waals surface area contributed by atoms with Gasteiger partial charge in [-0.2, -0.15) is 0 Å². The Kier molecular flexibility index (Phi) is 7.82. The van der Waals surface area contributed by atoms with Gasteiger partial charge in [-0.1, -0.05) is 121 Å². The van der Waals surface area contributed by atoms with Gasteiger partial charge in [0, 0.05) is 49.1 Å². The maximum absolute atomic E-state index is 6.61. The molecule has 0 N–H and O–H groups in total. The Morgan fingerprint density at radius 3 is 1.97 bits per heavy atom. The second kappa shape index (κ2) is 13.7. The topological polar surface area (TPSA) is 55.9 Å². The summed E-state index contributed by atoms with van der Waals surface area (Å²) in [5, 5.41) is 6.69. The maximum Gasteiger partial charge on any atom is 0.160 e. The number of para-hydroxylation sites is 3. The first kappa shape index (κ1) is 34.3. The number of benzene rings is 8.